The first kappa shape index (κ1) is 18.6. The minimum absolute atomic E-state index is 0.0126. The van der Waals surface area contributed by atoms with Crippen molar-refractivity contribution in [2.75, 3.05) is 13.1 Å². The Morgan fingerprint density at radius 1 is 1.15 bits per heavy atom. The lowest BCUT2D eigenvalue weighted by molar-refractivity contribution is -0.140. The normalized spacial score (nSPS) is 21.9. The largest absolute Gasteiger partial charge is 0.480 e. The zero-order valence-corrected chi connectivity index (χ0v) is 15.1. The van der Waals surface area contributed by atoms with Gasteiger partial charge in [-0.25, -0.2) is 0 Å². The molecule has 0 bridgehead atoms. The molecule has 6 nitrogen and oxygen atoms in total. The molecule has 0 heterocycles. The van der Waals surface area contributed by atoms with Gasteiger partial charge in [-0.15, -0.1) is 0 Å². The molecule has 0 atom stereocenters. The molecule has 3 rings (SSSR count). The highest BCUT2D eigenvalue weighted by Gasteiger charge is 2.37. The summed E-state index contributed by atoms with van der Waals surface area (Å²) in [6.45, 7) is 2.47. The molecule has 140 valence electrons. The number of carboxylic acid groups (broad SMARTS) is 1. The molecule has 0 saturated heterocycles. The summed E-state index contributed by atoms with van der Waals surface area (Å²) < 4.78 is 0. The number of rotatable bonds is 9. The molecular weight excluding hydrogens is 332 g/mol. The van der Waals surface area contributed by atoms with E-state index in [0.717, 1.165) is 24.9 Å². The highest BCUT2D eigenvalue weighted by Crippen LogP contribution is 2.33. The van der Waals surface area contributed by atoms with Gasteiger partial charge in [-0.2, -0.15) is 0 Å². The predicted octanol–water partition coefficient (Wildman–Crippen LogP) is 1.88. The van der Waals surface area contributed by atoms with Crippen LogP contribution in [0.15, 0.2) is 24.3 Å². The molecule has 2 aliphatic rings. The number of hydrogen-bond donors (Lipinski definition) is 2. The Labute approximate surface area is 153 Å². The van der Waals surface area contributed by atoms with E-state index in [-0.39, 0.29) is 30.3 Å². The molecule has 1 aromatic carbocycles. The molecule has 2 N–H and O–H groups in total. The fourth-order valence-electron chi connectivity index (χ4n) is 3.47. The Balaban J connectivity index is 1.43. The standard InChI is InChI=1S/C20H26N2O4/c1-13(23)16-6-4-14(5-7-16)8-19(24)21-17-9-18(10-17)22(12-20(25)26)11-15-2-3-15/h4-7,15,17-18H,2-3,8-12H2,1H3,(H,21,24)(H,25,26). The third kappa shape index (κ3) is 5.14. The van der Waals surface area contributed by atoms with Crippen LogP contribution in [0.3, 0.4) is 0 Å². The van der Waals surface area contributed by atoms with Crippen LogP contribution in [-0.2, 0) is 16.0 Å². The van der Waals surface area contributed by atoms with Crippen LogP contribution in [0.2, 0.25) is 0 Å². The summed E-state index contributed by atoms with van der Waals surface area (Å²) in [5, 5.41) is 12.1. The average Bonchev–Trinajstić information content (AvgIpc) is 3.34. The summed E-state index contributed by atoms with van der Waals surface area (Å²) in [5.41, 5.74) is 1.52. The molecular formula is C20H26N2O4. The van der Waals surface area contributed by atoms with Crippen molar-refractivity contribution in [3.8, 4) is 0 Å². The SMILES string of the molecule is CC(=O)c1ccc(CC(=O)NC2CC(N(CC(=O)O)CC3CC3)C2)cc1. The number of Topliss-reactive ketones (excluding diaryl/α,β-unsaturated/α-hetero) is 1. The van der Waals surface area contributed by atoms with E-state index in [1.165, 1.54) is 19.8 Å². The molecule has 1 amide bonds. The van der Waals surface area contributed by atoms with Gasteiger partial charge in [0.2, 0.25) is 5.91 Å². The highest BCUT2D eigenvalue weighted by molar-refractivity contribution is 5.94. The Morgan fingerprint density at radius 2 is 1.81 bits per heavy atom. The zero-order valence-electron chi connectivity index (χ0n) is 15.1. The van der Waals surface area contributed by atoms with Gasteiger partial charge in [0.15, 0.2) is 5.78 Å². The second-order valence-corrected chi connectivity index (χ2v) is 7.59. The number of hydrogen-bond acceptors (Lipinski definition) is 4. The smallest absolute Gasteiger partial charge is 0.317 e. The number of nitrogens with zero attached hydrogens (tertiary/aromatic N) is 1. The lowest BCUT2D eigenvalue weighted by Gasteiger charge is -2.42. The van der Waals surface area contributed by atoms with E-state index >= 15 is 0 Å². The van der Waals surface area contributed by atoms with Gasteiger partial charge in [0.1, 0.15) is 0 Å². The fraction of sp³-hybridized carbons (Fsp3) is 0.550. The summed E-state index contributed by atoms with van der Waals surface area (Å²) in [5.74, 6) is -0.150. The van der Waals surface area contributed by atoms with Crippen LogP contribution >= 0.6 is 0 Å². The summed E-state index contributed by atoms with van der Waals surface area (Å²) in [6.07, 6.45) is 4.32. The summed E-state index contributed by atoms with van der Waals surface area (Å²) in [7, 11) is 0. The van der Waals surface area contributed by atoms with Crippen molar-refractivity contribution < 1.29 is 19.5 Å². The quantitative estimate of drug-likeness (QED) is 0.658. The molecule has 26 heavy (non-hydrogen) atoms. The van der Waals surface area contributed by atoms with Gasteiger partial charge in [0, 0.05) is 24.2 Å². The third-order valence-corrected chi connectivity index (χ3v) is 5.25. The van der Waals surface area contributed by atoms with Crippen LogP contribution in [-0.4, -0.2) is 52.8 Å². The number of nitrogens with one attached hydrogen (secondary N) is 1. The van der Waals surface area contributed by atoms with E-state index < -0.39 is 5.97 Å². The van der Waals surface area contributed by atoms with Crippen molar-refractivity contribution in [2.24, 2.45) is 5.92 Å². The lowest BCUT2D eigenvalue weighted by atomic mass is 9.85. The van der Waals surface area contributed by atoms with E-state index in [4.69, 9.17) is 5.11 Å². The van der Waals surface area contributed by atoms with E-state index in [0.29, 0.717) is 17.9 Å². The molecule has 0 aliphatic heterocycles. The van der Waals surface area contributed by atoms with Crippen molar-refractivity contribution in [1.29, 1.82) is 0 Å². The van der Waals surface area contributed by atoms with Gasteiger partial charge in [0.25, 0.3) is 0 Å². The first-order valence-electron chi connectivity index (χ1n) is 9.26. The maximum Gasteiger partial charge on any atom is 0.317 e. The van der Waals surface area contributed by atoms with E-state index in [2.05, 4.69) is 10.2 Å². The van der Waals surface area contributed by atoms with Crippen LogP contribution in [0.4, 0.5) is 0 Å². The van der Waals surface area contributed by atoms with E-state index in [1.807, 2.05) is 12.1 Å². The summed E-state index contributed by atoms with van der Waals surface area (Å²) >= 11 is 0. The molecule has 0 spiro atoms. The van der Waals surface area contributed by atoms with Crippen LogP contribution in [0, 0.1) is 5.92 Å². The van der Waals surface area contributed by atoms with Crippen LogP contribution in [0.25, 0.3) is 0 Å². The highest BCUT2D eigenvalue weighted by atomic mass is 16.4. The predicted molar refractivity (Wildman–Crippen MR) is 97.0 cm³/mol. The first-order chi connectivity index (χ1) is 12.4. The van der Waals surface area contributed by atoms with Crippen molar-refractivity contribution >= 4 is 17.7 Å². The van der Waals surface area contributed by atoms with E-state index in [9.17, 15) is 14.4 Å². The maximum atomic E-state index is 12.2. The van der Waals surface area contributed by atoms with Crippen molar-refractivity contribution in [2.45, 2.75) is 51.1 Å². The molecule has 0 aromatic heterocycles. The van der Waals surface area contributed by atoms with Crippen molar-refractivity contribution in [3.63, 3.8) is 0 Å². The zero-order chi connectivity index (χ0) is 18.7. The molecule has 0 unspecified atom stereocenters. The molecule has 2 saturated carbocycles. The topological polar surface area (TPSA) is 86.7 Å². The summed E-state index contributed by atoms with van der Waals surface area (Å²) in [6, 6.07) is 7.48. The number of carbonyl (C=O) groups excluding carboxylic acids is 2. The van der Waals surface area contributed by atoms with Crippen LogP contribution < -0.4 is 5.32 Å². The minimum atomic E-state index is -0.785. The third-order valence-electron chi connectivity index (χ3n) is 5.25. The average molecular weight is 358 g/mol. The molecule has 2 fully saturated rings. The maximum absolute atomic E-state index is 12.2. The van der Waals surface area contributed by atoms with Gasteiger partial charge in [-0.05, 0) is 44.1 Å². The number of ketones is 1. The molecule has 1 aromatic rings. The Morgan fingerprint density at radius 3 is 2.35 bits per heavy atom. The minimum Gasteiger partial charge on any atom is -0.480 e. The second kappa shape index (κ2) is 7.99. The number of benzene rings is 1. The first-order valence-corrected chi connectivity index (χ1v) is 9.26. The van der Waals surface area contributed by atoms with Gasteiger partial charge >= 0.3 is 5.97 Å². The second-order valence-electron chi connectivity index (χ2n) is 7.59. The number of carboxylic acids is 1. The number of amides is 1. The van der Waals surface area contributed by atoms with Gasteiger partial charge in [-0.3, -0.25) is 19.3 Å². The Hall–Kier alpha value is -2.21. The molecule has 2 aliphatic carbocycles. The number of aliphatic carboxylic acids is 1. The number of carbonyl (C=O) groups is 3. The van der Waals surface area contributed by atoms with Gasteiger partial charge in [0.05, 0.1) is 13.0 Å². The molecule has 6 heteroatoms. The Kier molecular flexibility index (Phi) is 5.71. The van der Waals surface area contributed by atoms with Crippen LogP contribution in [0.1, 0.15) is 48.5 Å². The monoisotopic (exact) mass is 358 g/mol. The van der Waals surface area contributed by atoms with Gasteiger partial charge in [-0.1, -0.05) is 24.3 Å². The lowest BCUT2D eigenvalue weighted by Crippen LogP contribution is -2.55. The molecule has 0 radical (unpaired) electrons. The van der Waals surface area contributed by atoms with Crippen LogP contribution in [0.5, 0.6) is 0 Å². The summed E-state index contributed by atoms with van der Waals surface area (Å²) in [4.78, 5) is 36.6. The van der Waals surface area contributed by atoms with E-state index in [1.54, 1.807) is 12.1 Å². The Bertz CT molecular complexity index is 676. The van der Waals surface area contributed by atoms with Gasteiger partial charge < -0.3 is 10.4 Å². The van der Waals surface area contributed by atoms with Crippen molar-refractivity contribution in [1.82, 2.24) is 10.2 Å². The fourth-order valence-corrected chi connectivity index (χ4v) is 3.47. The van der Waals surface area contributed by atoms with Crippen molar-refractivity contribution in [3.05, 3.63) is 35.4 Å².